The average molecular weight is 280 g/mol. The van der Waals surface area contributed by atoms with Gasteiger partial charge in [0.05, 0.1) is 0 Å². The molecular weight excluding hydrogens is 254 g/mol. The molecule has 1 aliphatic rings. The Bertz CT molecular complexity index is 455. The quantitative estimate of drug-likeness (QED) is 0.635. The second-order valence-electron chi connectivity index (χ2n) is 6.88. The van der Waals surface area contributed by atoms with Crippen molar-refractivity contribution >= 4 is 0 Å². The lowest BCUT2D eigenvalue weighted by Crippen LogP contribution is -2.18. The first-order valence-electron chi connectivity index (χ1n) is 7.89. The monoisotopic (exact) mass is 280 g/mol. The maximum atomic E-state index is 14.3. The molecule has 0 unspecified atom stereocenters. The Morgan fingerprint density at radius 3 is 2.00 bits per heavy atom. The highest BCUT2D eigenvalue weighted by Gasteiger charge is 2.27. The Morgan fingerprint density at radius 2 is 1.50 bits per heavy atom. The van der Waals surface area contributed by atoms with Gasteiger partial charge in [-0.05, 0) is 60.5 Å². The third-order valence-electron chi connectivity index (χ3n) is 4.92. The molecule has 0 amide bonds. The molecule has 0 radical (unpaired) electrons. The summed E-state index contributed by atoms with van der Waals surface area (Å²) in [5.74, 6) is 0.415. The van der Waals surface area contributed by atoms with Gasteiger partial charge in [-0.2, -0.15) is 0 Å². The topological polar surface area (TPSA) is 0 Å². The van der Waals surface area contributed by atoms with Crippen LogP contribution in [0, 0.1) is 23.5 Å². The third kappa shape index (κ3) is 3.05. The van der Waals surface area contributed by atoms with Gasteiger partial charge in [0, 0.05) is 0 Å². The second-order valence-corrected chi connectivity index (χ2v) is 6.88. The largest absolute Gasteiger partial charge is 0.203 e. The molecule has 2 rings (SSSR count). The van der Waals surface area contributed by atoms with Crippen LogP contribution in [0.3, 0.4) is 0 Å². The minimum Gasteiger partial charge on any atom is -0.203 e. The minimum atomic E-state index is -0.636. The standard InChI is InChI=1S/C18H26F2/c1-11(2)13-5-7-14(8-6-13)16-10-9-15(12(3)4)17(19)18(16)20/h9-14H,5-8H2,1-4H3. The molecule has 0 bridgehead atoms. The van der Waals surface area contributed by atoms with E-state index in [1.807, 2.05) is 19.9 Å². The van der Waals surface area contributed by atoms with E-state index in [0.29, 0.717) is 17.0 Å². The molecule has 1 saturated carbocycles. The van der Waals surface area contributed by atoms with E-state index in [9.17, 15) is 8.78 Å². The number of benzene rings is 1. The molecule has 112 valence electrons. The lowest BCUT2D eigenvalue weighted by atomic mass is 9.74. The van der Waals surface area contributed by atoms with E-state index in [1.165, 1.54) is 0 Å². The summed E-state index contributed by atoms with van der Waals surface area (Å²) in [4.78, 5) is 0. The molecule has 0 spiro atoms. The van der Waals surface area contributed by atoms with Gasteiger partial charge < -0.3 is 0 Å². The molecular formula is C18H26F2. The summed E-state index contributed by atoms with van der Waals surface area (Å²) in [6.07, 6.45) is 4.24. The second kappa shape index (κ2) is 6.24. The van der Waals surface area contributed by atoms with Crippen molar-refractivity contribution in [3.05, 3.63) is 34.9 Å². The highest BCUT2D eigenvalue weighted by atomic mass is 19.2. The summed E-state index contributed by atoms with van der Waals surface area (Å²) < 4.78 is 28.4. The zero-order valence-electron chi connectivity index (χ0n) is 13.0. The van der Waals surface area contributed by atoms with Crippen LogP contribution in [0.15, 0.2) is 12.1 Å². The Kier molecular flexibility index (Phi) is 4.82. The van der Waals surface area contributed by atoms with Gasteiger partial charge in [-0.25, -0.2) is 8.78 Å². The molecule has 0 heterocycles. The van der Waals surface area contributed by atoms with E-state index >= 15 is 0 Å². The van der Waals surface area contributed by atoms with Gasteiger partial charge in [0.15, 0.2) is 11.6 Å². The molecule has 2 heteroatoms. The van der Waals surface area contributed by atoms with Crippen LogP contribution in [0.4, 0.5) is 8.78 Å². The summed E-state index contributed by atoms with van der Waals surface area (Å²) >= 11 is 0. The summed E-state index contributed by atoms with van der Waals surface area (Å²) in [7, 11) is 0. The van der Waals surface area contributed by atoms with Crippen LogP contribution in [-0.4, -0.2) is 0 Å². The van der Waals surface area contributed by atoms with Crippen molar-refractivity contribution in [3.8, 4) is 0 Å². The summed E-state index contributed by atoms with van der Waals surface area (Å²) in [6, 6.07) is 3.58. The van der Waals surface area contributed by atoms with Crippen molar-refractivity contribution in [2.45, 2.75) is 65.2 Å². The van der Waals surface area contributed by atoms with Crippen LogP contribution in [0.1, 0.15) is 76.3 Å². The average Bonchev–Trinajstić information content (AvgIpc) is 2.41. The van der Waals surface area contributed by atoms with E-state index in [4.69, 9.17) is 0 Å². The lowest BCUT2D eigenvalue weighted by molar-refractivity contribution is 0.255. The van der Waals surface area contributed by atoms with Gasteiger partial charge >= 0.3 is 0 Å². The van der Waals surface area contributed by atoms with Crippen molar-refractivity contribution in [3.63, 3.8) is 0 Å². The molecule has 0 saturated heterocycles. The van der Waals surface area contributed by atoms with Crippen molar-refractivity contribution < 1.29 is 8.78 Å². The van der Waals surface area contributed by atoms with Gasteiger partial charge in [-0.15, -0.1) is 0 Å². The molecule has 1 aromatic carbocycles. The molecule has 20 heavy (non-hydrogen) atoms. The lowest BCUT2D eigenvalue weighted by Gasteiger charge is -2.31. The van der Waals surface area contributed by atoms with Gasteiger partial charge in [0.1, 0.15) is 0 Å². The Labute approximate surface area is 121 Å². The molecule has 0 aliphatic heterocycles. The van der Waals surface area contributed by atoms with Gasteiger partial charge in [-0.1, -0.05) is 39.8 Å². The van der Waals surface area contributed by atoms with E-state index in [-0.39, 0.29) is 11.8 Å². The molecule has 1 fully saturated rings. The molecule has 0 N–H and O–H groups in total. The van der Waals surface area contributed by atoms with Gasteiger partial charge in [0.25, 0.3) is 0 Å². The maximum absolute atomic E-state index is 14.3. The van der Waals surface area contributed by atoms with Crippen LogP contribution >= 0.6 is 0 Å². The zero-order valence-corrected chi connectivity index (χ0v) is 13.0. The Morgan fingerprint density at radius 1 is 0.900 bits per heavy atom. The van der Waals surface area contributed by atoms with Crippen LogP contribution in [0.5, 0.6) is 0 Å². The van der Waals surface area contributed by atoms with Gasteiger partial charge in [-0.3, -0.25) is 0 Å². The van der Waals surface area contributed by atoms with Crippen molar-refractivity contribution in [1.82, 2.24) is 0 Å². The number of rotatable bonds is 3. The Hall–Kier alpha value is -0.920. The minimum absolute atomic E-state index is 0.0234. The third-order valence-corrected chi connectivity index (χ3v) is 4.92. The summed E-state index contributed by atoms with van der Waals surface area (Å²) in [5, 5.41) is 0. The first-order valence-corrected chi connectivity index (χ1v) is 7.89. The van der Waals surface area contributed by atoms with Crippen molar-refractivity contribution in [1.29, 1.82) is 0 Å². The number of hydrogen-bond donors (Lipinski definition) is 0. The van der Waals surface area contributed by atoms with Crippen LogP contribution < -0.4 is 0 Å². The highest BCUT2D eigenvalue weighted by Crippen LogP contribution is 2.40. The smallest absolute Gasteiger partial charge is 0.162 e. The van der Waals surface area contributed by atoms with E-state index < -0.39 is 11.6 Å². The fourth-order valence-electron chi connectivity index (χ4n) is 3.44. The molecule has 0 atom stereocenters. The molecule has 0 aromatic heterocycles. The number of hydrogen-bond acceptors (Lipinski definition) is 0. The molecule has 1 aliphatic carbocycles. The zero-order chi connectivity index (χ0) is 14.9. The SMILES string of the molecule is CC(C)c1ccc(C2CCC(C(C)C)CC2)c(F)c1F. The first-order chi connectivity index (χ1) is 9.41. The van der Waals surface area contributed by atoms with Crippen molar-refractivity contribution in [2.24, 2.45) is 11.8 Å². The predicted octanol–water partition coefficient (Wildman–Crippen LogP) is 6.02. The first kappa shape index (κ1) is 15.5. The highest BCUT2D eigenvalue weighted by molar-refractivity contribution is 5.31. The Balaban J connectivity index is 2.17. The predicted molar refractivity (Wildman–Crippen MR) is 80.0 cm³/mol. The van der Waals surface area contributed by atoms with Crippen LogP contribution in [-0.2, 0) is 0 Å². The van der Waals surface area contributed by atoms with E-state index in [0.717, 1.165) is 31.6 Å². The van der Waals surface area contributed by atoms with E-state index in [2.05, 4.69) is 13.8 Å². The fraction of sp³-hybridized carbons (Fsp3) is 0.667. The van der Waals surface area contributed by atoms with Crippen molar-refractivity contribution in [2.75, 3.05) is 0 Å². The molecule has 1 aromatic rings. The fourth-order valence-corrected chi connectivity index (χ4v) is 3.44. The summed E-state index contributed by atoms with van der Waals surface area (Å²) in [5.41, 5.74) is 1.08. The molecule has 0 nitrogen and oxygen atoms in total. The summed E-state index contributed by atoms with van der Waals surface area (Å²) in [6.45, 7) is 8.29. The van der Waals surface area contributed by atoms with Gasteiger partial charge in [0.2, 0.25) is 0 Å². The van der Waals surface area contributed by atoms with E-state index in [1.54, 1.807) is 6.07 Å². The maximum Gasteiger partial charge on any atom is 0.162 e. The van der Waals surface area contributed by atoms with Crippen LogP contribution in [0.2, 0.25) is 0 Å². The normalized spacial score (nSPS) is 23.6. The number of halogens is 2. The van der Waals surface area contributed by atoms with Crippen LogP contribution in [0.25, 0.3) is 0 Å².